The molecule has 0 saturated heterocycles. The molecule has 2 atom stereocenters. The van der Waals surface area contributed by atoms with Crippen LogP contribution in [0, 0.1) is 0 Å². The third-order valence-electron chi connectivity index (χ3n) is 3.11. The largest absolute Gasteiger partial charge is 0.481 e. The Labute approximate surface area is 163 Å². The molecule has 0 saturated carbocycles. The van der Waals surface area contributed by atoms with Crippen LogP contribution in [0.2, 0.25) is 0 Å². The van der Waals surface area contributed by atoms with Crippen molar-refractivity contribution >= 4 is 29.8 Å². The molecule has 1 rings (SSSR count). The van der Waals surface area contributed by atoms with Crippen LogP contribution < -0.4 is 16.2 Å². The van der Waals surface area contributed by atoms with Gasteiger partial charge in [0.2, 0.25) is 0 Å². The van der Waals surface area contributed by atoms with E-state index in [4.69, 9.17) is 41.7 Å². The van der Waals surface area contributed by atoms with Crippen LogP contribution >= 0.6 is 0 Å². The first-order valence-corrected chi connectivity index (χ1v) is 7.74. The highest BCUT2D eigenvalue weighted by Crippen LogP contribution is 2.15. The minimum atomic E-state index is -2.00. The molecule has 0 bridgehead atoms. The topological polar surface area (TPSA) is 248 Å². The summed E-state index contributed by atoms with van der Waals surface area (Å²) in [5, 5.41) is 42.0. The first kappa shape index (κ1) is 25.3. The van der Waals surface area contributed by atoms with Gasteiger partial charge in [0.05, 0.1) is 6.42 Å². The summed E-state index contributed by atoms with van der Waals surface area (Å²) in [6.07, 6.45) is -2.44. The van der Waals surface area contributed by atoms with Gasteiger partial charge in [0.15, 0.2) is 0 Å². The molecule has 0 aromatic heterocycles. The van der Waals surface area contributed by atoms with Gasteiger partial charge in [0, 0.05) is 0 Å². The second kappa shape index (κ2) is 11.9. The maximum absolute atomic E-state index is 10.6. The van der Waals surface area contributed by atoms with Gasteiger partial charge in [-0.1, -0.05) is 12.1 Å². The molecule has 0 aliphatic heterocycles. The fraction of sp³-hybridized carbons (Fsp3) is 0.312. The minimum Gasteiger partial charge on any atom is -0.481 e. The lowest BCUT2D eigenvalue weighted by molar-refractivity contribution is -0.159. The Balaban J connectivity index is 0.000000734. The molecular weight excluding hydrogens is 396 g/mol. The second-order valence-corrected chi connectivity index (χ2v) is 5.51. The number of carbonyl (C=O) groups is 5. The summed E-state index contributed by atoms with van der Waals surface area (Å²) >= 11 is 0. The fourth-order valence-corrected chi connectivity index (χ4v) is 1.66. The predicted molar refractivity (Wildman–Crippen MR) is 93.3 cm³/mol. The Bertz CT molecular complexity index is 734. The van der Waals surface area contributed by atoms with E-state index < -0.39 is 54.5 Å². The van der Waals surface area contributed by atoms with E-state index in [1.165, 1.54) is 24.3 Å². The average Bonchev–Trinajstić information content (AvgIpc) is 2.60. The van der Waals surface area contributed by atoms with Crippen LogP contribution in [0.15, 0.2) is 24.3 Å². The Hall–Kier alpha value is -3.71. The molecule has 0 heterocycles. The molecular formula is C16H20N2O11. The summed E-state index contributed by atoms with van der Waals surface area (Å²) in [6, 6.07) is 3.33. The number of hydrogen-bond acceptors (Lipinski definition) is 8. The van der Waals surface area contributed by atoms with E-state index in [1.807, 2.05) is 0 Å². The highest BCUT2D eigenvalue weighted by Gasteiger charge is 2.27. The first-order chi connectivity index (χ1) is 13.3. The van der Waals surface area contributed by atoms with Crippen LogP contribution in [0.3, 0.4) is 0 Å². The van der Waals surface area contributed by atoms with Crippen LogP contribution in [0.4, 0.5) is 0 Å². The van der Waals surface area contributed by atoms with Crippen molar-refractivity contribution in [1.29, 1.82) is 0 Å². The average molecular weight is 416 g/mol. The van der Waals surface area contributed by atoms with Crippen molar-refractivity contribution in [1.82, 2.24) is 0 Å². The lowest BCUT2D eigenvalue weighted by Gasteiger charge is -2.12. The summed E-state index contributed by atoms with van der Waals surface area (Å²) in [5.41, 5.74) is 10.8. The number of rotatable bonds is 10. The summed E-state index contributed by atoms with van der Waals surface area (Å²) in [4.78, 5) is 51.5. The number of aliphatic carboxylic acids is 5. The zero-order valence-corrected chi connectivity index (χ0v) is 14.8. The van der Waals surface area contributed by atoms with E-state index in [9.17, 15) is 24.0 Å². The number of hydrogen-bond donors (Lipinski definition) is 7. The van der Waals surface area contributed by atoms with Crippen LogP contribution in [0.1, 0.15) is 12.0 Å². The summed E-state index contributed by atoms with van der Waals surface area (Å²) in [7, 11) is 0. The molecule has 1 aromatic carbocycles. The zero-order valence-electron chi connectivity index (χ0n) is 14.8. The molecule has 2 unspecified atom stereocenters. The molecule has 0 aliphatic carbocycles. The lowest BCUT2D eigenvalue weighted by Crippen LogP contribution is -2.35. The first-order valence-electron chi connectivity index (χ1n) is 7.74. The molecule has 0 radical (unpaired) electrons. The summed E-state index contributed by atoms with van der Waals surface area (Å²) in [5.74, 6) is -6.82. The smallest absolute Gasteiger partial charge is 0.356 e. The molecule has 29 heavy (non-hydrogen) atoms. The van der Waals surface area contributed by atoms with Crippen molar-refractivity contribution in [2.24, 2.45) is 11.5 Å². The van der Waals surface area contributed by atoms with Gasteiger partial charge in [-0.05, 0) is 24.1 Å². The number of carboxylic acid groups (broad SMARTS) is 5. The van der Waals surface area contributed by atoms with Crippen molar-refractivity contribution in [3.05, 3.63) is 29.8 Å². The van der Waals surface area contributed by atoms with E-state index in [0.29, 0.717) is 5.56 Å². The van der Waals surface area contributed by atoms with Gasteiger partial charge in [-0.2, -0.15) is 0 Å². The molecule has 9 N–H and O–H groups in total. The van der Waals surface area contributed by atoms with Crippen molar-refractivity contribution in [3.8, 4) is 5.75 Å². The third kappa shape index (κ3) is 10.3. The summed E-state index contributed by atoms with van der Waals surface area (Å²) in [6.45, 7) is 0. The van der Waals surface area contributed by atoms with Crippen molar-refractivity contribution < 1.29 is 54.2 Å². The molecule has 0 spiro atoms. The molecule has 160 valence electrons. The third-order valence-corrected chi connectivity index (χ3v) is 3.11. The predicted octanol–water partition coefficient (Wildman–Crippen LogP) is -1.57. The van der Waals surface area contributed by atoms with Crippen LogP contribution in [-0.4, -0.2) is 73.6 Å². The number of nitrogens with two attached hydrogens (primary N) is 2. The van der Waals surface area contributed by atoms with Gasteiger partial charge >= 0.3 is 29.8 Å². The molecule has 13 nitrogen and oxygen atoms in total. The lowest BCUT2D eigenvalue weighted by atomic mass is 10.1. The van der Waals surface area contributed by atoms with Gasteiger partial charge in [-0.15, -0.1) is 0 Å². The van der Waals surface area contributed by atoms with Crippen LogP contribution in [0.25, 0.3) is 0 Å². The second-order valence-electron chi connectivity index (χ2n) is 5.51. The Morgan fingerprint density at radius 3 is 1.52 bits per heavy atom. The van der Waals surface area contributed by atoms with E-state index >= 15 is 0 Å². The Kier molecular flexibility index (Phi) is 10.4. The van der Waals surface area contributed by atoms with Gasteiger partial charge < -0.3 is 41.7 Å². The number of benzene rings is 1. The highest BCUT2D eigenvalue weighted by atomic mass is 16.5. The van der Waals surface area contributed by atoms with E-state index in [2.05, 4.69) is 0 Å². The van der Waals surface area contributed by atoms with Gasteiger partial charge in [0.1, 0.15) is 17.8 Å². The SMILES string of the molecule is NC(CC(=O)O)C(=O)O.NC(Cc1ccc(OC(C(=O)O)C(=O)O)cc1)C(=O)O. The van der Waals surface area contributed by atoms with Crippen molar-refractivity contribution in [2.75, 3.05) is 0 Å². The monoisotopic (exact) mass is 416 g/mol. The maximum Gasteiger partial charge on any atom is 0.356 e. The fourth-order valence-electron chi connectivity index (χ4n) is 1.66. The molecule has 0 amide bonds. The normalized spacial score (nSPS) is 12.1. The number of ether oxygens (including phenoxy) is 1. The van der Waals surface area contributed by atoms with Gasteiger partial charge in [-0.3, -0.25) is 14.4 Å². The minimum absolute atomic E-state index is 0.0486. The summed E-state index contributed by atoms with van der Waals surface area (Å²) < 4.78 is 4.80. The highest BCUT2D eigenvalue weighted by molar-refractivity contribution is 5.96. The Morgan fingerprint density at radius 2 is 1.21 bits per heavy atom. The quantitative estimate of drug-likeness (QED) is 0.213. The molecule has 13 heteroatoms. The van der Waals surface area contributed by atoms with Crippen molar-refractivity contribution in [2.45, 2.75) is 31.0 Å². The Morgan fingerprint density at radius 1 is 0.759 bits per heavy atom. The maximum atomic E-state index is 10.6. The number of carboxylic acids is 5. The molecule has 0 aliphatic rings. The standard InChI is InChI=1S/C12H13NO7.C4H7NO4/c13-8(10(14)15)5-6-1-3-7(4-2-6)20-9(11(16)17)12(18)19;5-2(4(8)9)1-3(6)7/h1-4,8-9H,5,13H2,(H,14,15)(H,16,17)(H,18,19);2H,1,5H2,(H,6,7)(H,8,9). The van der Waals surface area contributed by atoms with Crippen LogP contribution in [-0.2, 0) is 30.4 Å². The van der Waals surface area contributed by atoms with Gasteiger partial charge in [0.25, 0.3) is 6.10 Å². The van der Waals surface area contributed by atoms with E-state index in [1.54, 1.807) is 0 Å². The van der Waals surface area contributed by atoms with Crippen LogP contribution in [0.5, 0.6) is 5.75 Å². The van der Waals surface area contributed by atoms with E-state index in [0.717, 1.165) is 0 Å². The van der Waals surface area contributed by atoms with Crippen molar-refractivity contribution in [3.63, 3.8) is 0 Å². The molecule has 1 aromatic rings. The zero-order chi connectivity index (χ0) is 22.7. The van der Waals surface area contributed by atoms with Gasteiger partial charge in [-0.25, -0.2) is 9.59 Å². The molecule has 0 fully saturated rings. The van der Waals surface area contributed by atoms with E-state index in [-0.39, 0.29) is 12.2 Å².